The lowest BCUT2D eigenvalue weighted by Crippen LogP contribution is -2.20. The third-order valence-corrected chi connectivity index (χ3v) is 3.55. The first kappa shape index (κ1) is 15.2. The molecular weight excluding hydrogens is 270 g/mol. The second-order valence-electron chi connectivity index (χ2n) is 4.98. The second-order valence-corrected chi connectivity index (χ2v) is 4.98. The fraction of sp³-hybridized carbons (Fsp3) is 0.467. The van der Waals surface area contributed by atoms with E-state index in [9.17, 15) is 9.59 Å². The van der Waals surface area contributed by atoms with E-state index in [-0.39, 0.29) is 17.8 Å². The molecule has 2 rings (SSSR count). The van der Waals surface area contributed by atoms with Crippen LogP contribution in [0.4, 0.5) is 0 Å². The highest BCUT2D eigenvalue weighted by Crippen LogP contribution is 2.22. The zero-order valence-corrected chi connectivity index (χ0v) is 12.0. The van der Waals surface area contributed by atoms with E-state index in [1.54, 1.807) is 24.4 Å². The summed E-state index contributed by atoms with van der Waals surface area (Å²) in [6.45, 7) is 0. The number of carbonyl (C=O) groups is 2. The van der Waals surface area contributed by atoms with Crippen molar-refractivity contribution < 1.29 is 14.3 Å². The van der Waals surface area contributed by atoms with Gasteiger partial charge in [-0.05, 0) is 44.2 Å². The fourth-order valence-electron chi connectivity index (χ4n) is 2.36. The van der Waals surface area contributed by atoms with Crippen LogP contribution in [0.2, 0.25) is 0 Å². The number of rotatable bonds is 3. The molecule has 0 aromatic carbocycles. The highest BCUT2D eigenvalue weighted by molar-refractivity contribution is 5.94. The normalized spacial score (nSPS) is 20.6. The summed E-state index contributed by atoms with van der Waals surface area (Å²) in [7, 11) is 1.41. The minimum absolute atomic E-state index is 0.0609. The van der Waals surface area contributed by atoms with Crippen LogP contribution in [0.1, 0.15) is 42.6 Å². The number of ether oxygens (including phenoxy) is 1. The Hall–Kier alpha value is -2.24. The van der Waals surface area contributed by atoms with Gasteiger partial charge < -0.3 is 4.74 Å². The van der Waals surface area contributed by atoms with Gasteiger partial charge in [-0.25, -0.2) is 5.43 Å². The minimum Gasteiger partial charge on any atom is -0.469 e. The topological polar surface area (TPSA) is 80.6 Å². The van der Waals surface area contributed by atoms with Crippen LogP contribution in [0.15, 0.2) is 29.5 Å². The van der Waals surface area contributed by atoms with Crippen molar-refractivity contribution in [2.24, 2.45) is 11.0 Å². The molecule has 0 saturated heterocycles. The number of methoxy groups -OCH3 is 1. The minimum atomic E-state index is -0.322. The number of nitrogens with one attached hydrogen (secondary N) is 1. The molecule has 0 bridgehead atoms. The summed E-state index contributed by atoms with van der Waals surface area (Å²) in [6.07, 6.45) is 5.44. The van der Waals surface area contributed by atoms with Crippen molar-refractivity contribution in [2.45, 2.75) is 32.1 Å². The van der Waals surface area contributed by atoms with Gasteiger partial charge in [0.05, 0.1) is 13.0 Å². The highest BCUT2D eigenvalue weighted by Gasteiger charge is 2.22. The van der Waals surface area contributed by atoms with Crippen molar-refractivity contribution in [3.05, 3.63) is 30.1 Å². The Morgan fingerprint density at radius 1 is 1.33 bits per heavy atom. The third-order valence-electron chi connectivity index (χ3n) is 3.55. The van der Waals surface area contributed by atoms with E-state index in [1.165, 1.54) is 7.11 Å². The smallest absolute Gasteiger partial charge is 0.308 e. The number of amides is 1. The van der Waals surface area contributed by atoms with E-state index in [2.05, 4.69) is 15.5 Å². The molecule has 1 amide bonds. The van der Waals surface area contributed by atoms with Crippen molar-refractivity contribution in [2.75, 3.05) is 7.11 Å². The molecule has 1 atom stereocenters. The molecule has 21 heavy (non-hydrogen) atoms. The number of carbonyl (C=O) groups excluding carboxylic acids is 2. The van der Waals surface area contributed by atoms with Crippen molar-refractivity contribution >= 4 is 17.6 Å². The molecule has 0 spiro atoms. The molecule has 1 fully saturated rings. The van der Waals surface area contributed by atoms with Gasteiger partial charge in [-0.15, -0.1) is 0 Å². The number of aromatic nitrogens is 1. The number of nitrogens with zero attached hydrogens (tertiary/aromatic N) is 2. The number of hydrogen-bond donors (Lipinski definition) is 1. The molecule has 1 aromatic heterocycles. The molecule has 1 N–H and O–H groups in total. The molecule has 1 aromatic rings. The number of hydrogen-bond acceptors (Lipinski definition) is 5. The molecule has 1 heterocycles. The van der Waals surface area contributed by atoms with Crippen molar-refractivity contribution in [1.29, 1.82) is 0 Å². The van der Waals surface area contributed by atoms with Gasteiger partial charge in [-0.2, -0.15) is 5.10 Å². The van der Waals surface area contributed by atoms with Gasteiger partial charge in [0.15, 0.2) is 0 Å². The average molecular weight is 289 g/mol. The maximum Gasteiger partial charge on any atom is 0.308 e. The first-order valence-electron chi connectivity index (χ1n) is 7.05. The lowest BCUT2D eigenvalue weighted by atomic mass is 10.0. The Balaban J connectivity index is 1.90. The van der Waals surface area contributed by atoms with Crippen LogP contribution in [0.25, 0.3) is 0 Å². The molecule has 1 unspecified atom stereocenters. The van der Waals surface area contributed by atoms with Gasteiger partial charge in [0.1, 0.15) is 5.69 Å². The van der Waals surface area contributed by atoms with E-state index in [0.717, 1.165) is 25.0 Å². The SMILES string of the molecule is COC(=O)C1CCC/C(=N/NC(=O)c2ccccn2)CC1. The van der Waals surface area contributed by atoms with Gasteiger partial charge in [0, 0.05) is 11.9 Å². The number of esters is 1. The Bertz CT molecular complexity index is 528. The lowest BCUT2D eigenvalue weighted by Gasteiger charge is -2.09. The fourth-order valence-corrected chi connectivity index (χ4v) is 2.36. The molecule has 6 nitrogen and oxygen atoms in total. The van der Waals surface area contributed by atoms with Gasteiger partial charge in [0.2, 0.25) is 0 Å². The summed E-state index contributed by atoms with van der Waals surface area (Å²) in [5, 5.41) is 4.16. The standard InChI is InChI=1S/C15H19N3O3/c1-21-15(20)11-5-4-6-12(9-8-11)17-18-14(19)13-7-2-3-10-16-13/h2-3,7,10-11H,4-6,8-9H2,1H3,(H,18,19)/b17-12-. The predicted octanol–water partition coefficient (Wildman–Crippen LogP) is 1.92. The maximum absolute atomic E-state index is 11.8. The van der Waals surface area contributed by atoms with Crippen LogP contribution in [0, 0.1) is 5.92 Å². The Labute approximate surface area is 123 Å². The van der Waals surface area contributed by atoms with Crippen molar-refractivity contribution in [3.63, 3.8) is 0 Å². The molecule has 1 aliphatic carbocycles. The van der Waals surface area contributed by atoms with E-state index in [4.69, 9.17) is 4.74 Å². The van der Waals surface area contributed by atoms with Crippen molar-refractivity contribution in [1.82, 2.24) is 10.4 Å². The van der Waals surface area contributed by atoms with Crippen LogP contribution in [-0.4, -0.2) is 29.7 Å². The van der Waals surface area contributed by atoms with Gasteiger partial charge in [-0.1, -0.05) is 6.07 Å². The molecule has 0 aliphatic heterocycles. The summed E-state index contributed by atoms with van der Waals surface area (Å²) in [6, 6.07) is 5.14. The molecule has 6 heteroatoms. The summed E-state index contributed by atoms with van der Waals surface area (Å²) in [5.41, 5.74) is 3.77. The molecular formula is C15H19N3O3. The average Bonchev–Trinajstić information content (AvgIpc) is 2.78. The third kappa shape index (κ3) is 4.37. The first-order chi connectivity index (χ1) is 10.2. The first-order valence-corrected chi connectivity index (χ1v) is 7.05. The van der Waals surface area contributed by atoms with Gasteiger partial charge in [0.25, 0.3) is 5.91 Å². The van der Waals surface area contributed by atoms with Gasteiger partial charge in [-0.3, -0.25) is 14.6 Å². The lowest BCUT2D eigenvalue weighted by molar-refractivity contribution is -0.145. The number of hydrazone groups is 1. The molecule has 1 aliphatic rings. The second kappa shape index (κ2) is 7.52. The quantitative estimate of drug-likeness (QED) is 0.523. The molecule has 1 saturated carbocycles. The van der Waals surface area contributed by atoms with Crippen LogP contribution < -0.4 is 5.43 Å². The molecule has 0 radical (unpaired) electrons. The van der Waals surface area contributed by atoms with Crippen LogP contribution >= 0.6 is 0 Å². The Morgan fingerprint density at radius 2 is 2.19 bits per heavy atom. The van der Waals surface area contributed by atoms with Gasteiger partial charge >= 0.3 is 5.97 Å². The Kier molecular flexibility index (Phi) is 5.43. The van der Waals surface area contributed by atoms with E-state index in [0.29, 0.717) is 18.5 Å². The number of pyridine rings is 1. The molecule has 112 valence electrons. The maximum atomic E-state index is 11.8. The van der Waals surface area contributed by atoms with E-state index >= 15 is 0 Å². The summed E-state index contributed by atoms with van der Waals surface area (Å²) >= 11 is 0. The van der Waals surface area contributed by atoms with Crippen LogP contribution in [-0.2, 0) is 9.53 Å². The summed E-state index contributed by atoms with van der Waals surface area (Å²) < 4.78 is 4.78. The largest absolute Gasteiger partial charge is 0.469 e. The van der Waals surface area contributed by atoms with E-state index in [1.807, 2.05) is 0 Å². The zero-order valence-electron chi connectivity index (χ0n) is 12.0. The summed E-state index contributed by atoms with van der Waals surface area (Å²) in [4.78, 5) is 27.3. The van der Waals surface area contributed by atoms with Crippen LogP contribution in [0.5, 0.6) is 0 Å². The van der Waals surface area contributed by atoms with Crippen molar-refractivity contribution in [3.8, 4) is 0 Å². The van der Waals surface area contributed by atoms with E-state index < -0.39 is 0 Å². The predicted molar refractivity (Wildman–Crippen MR) is 77.7 cm³/mol. The monoisotopic (exact) mass is 289 g/mol. The van der Waals surface area contributed by atoms with Crippen LogP contribution in [0.3, 0.4) is 0 Å². The summed E-state index contributed by atoms with van der Waals surface area (Å²) in [5.74, 6) is -0.542. The highest BCUT2D eigenvalue weighted by atomic mass is 16.5. The Morgan fingerprint density at radius 3 is 2.90 bits per heavy atom. The zero-order chi connectivity index (χ0) is 15.1.